The summed E-state index contributed by atoms with van der Waals surface area (Å²) >= 11 is 11.8. The average molecular weight is 338 g/mol. The Morgan fingerprint density at radius 3 is 2.38 bits per heavy atom. The molecule has 0 aliphatic rings. The average Bonchev–Trinajstić information content (AvgIpc) is 2.40. The van der Waals surface area contributed by atoms with Gasteiger partial charge in [0.05, 0.1) is 5.56 Å². The second kappa shape index (κ2) is 6.12. The lowest BCUT2D eigenvalue weighted by Gasteiger charge is -2.12. The Morgan fingerprint density at radius 1 is 1.00 bits per heavy atom. The number of hydrogen-bond donors (Lipinski definition) is 1. The molecule has 1 nitrogen and oxygen atoms in total. The van der Waals surface area contributed by atoms with Gasteiger partial charge in [0.25, 0.3) is 0 Å². The van der Waals surface area contributed by atoms with E-state index in [1.54, 1.807) is 18.2 Å². The van der Waals surface area contributed by atoms with E-state index in [1.165, 1.54) is 6.07 Å². The molecule has 0 saturated carbocycles. The summed E-state index contributed by atoms with van der Waals surface area (Å²) in [5, 5.41) is 3.66. The third-order valence-corrected chi connectivity index (χ3v) is 3.37. The maximum absolute atomic E-state index is 13.2. The van der Waals surface area contributed by atoms with Gasteiger partial charge < -0.3 is 5.32 Å². The fourth-order valence-electron chi connectivity index (χ4n) is 1.73. The number of alkyl halides is 3. The van der Waals surface area contributed by atoms with Gasteiger partial charge in [-0.2, -0.15) is 13.2 Å². The predicted molar refractivity (Wildman–Crippen MR) is 75.2 cm³/mol. The second-order valence-corrected chi connectivity index (χ2v) is 5.13. The van der Waals surface area contributed by atoms with E-state index in [0.29, 0.717) is 21.7 Å². The summed E-state index contributed by atoms with van der Waals surface area (Å²) in [5.41, 5.74) is -0.550. The molecule has 112 valence electrons. The standard InChI is InChI=1S/C14H9Cl2F4N/c15-9-1-3-12(16)8(5-9)7-21-10-2-4-13(17)11(6-10)14(18,19)20/h1-6,21H,7H2. The van der Waals surface area contributed by atoms with Crippen LogP contribution in [0.4, 0.5) is 23.2 Å². The molecule has 0 heterocycles. The van der Waals surface area contributed by atoms with E-state index in [-0.39, 0.29) is 12.2 Å². The van der Waals surface area contributed by atoms with Crippen molar-refractivity contribution in [3.05, 3.63) is 63.4 Å². The highest BCUT2D eigenvalue weighted by Gasteiger charge is 2.34. The smallest absolute Gasteiger partial charge is 0.381 e. The first-order chi connectivity index (χ1) is 9.77. The molecule has 1 N–H and O–H groups in total. The first kappa shape index (κ1) is 15.9. The summed E-state index contributed by atoms with van der Waals surface area (Å²) in [5.74, 6) is -1.31. The zero-order chi connectivity index (χ0) is 15.6. The molecule has 0 aromatic heterocycles. The van der Waals surface area contributed by atoms with E-state index in [4.69, 9.17) is 23.2 Å². The molecule has 2 aromatic carbocycles. The van der Waals surface area contributed by atoms with Crippen LogP contribution in [0, 0.1) is 5.82 Å². The van der Waals surface area contributed by atoms with Crippen molar-refractivity contribution in [2.45, 2.75) is 12.7 Å². The fourth-order valence-corrected chi connectivity index (χ4v) is 2.11. The Kier molecular flexibility index (Phi) is 4.64. The first-order valence-corrected chi connectivity index (χ1v) is 6.57. The minimum absolute atomic E-state index is 0.139. The van der Waals surface area contributed by atoms with E-state index < -0.39 is 17.6 Å². The quantitative estimate of drug-likeness (QED) is 0.701. The highest BCUT2D eigenvalue weighted by atomic mass is 35.5. The van der Waals surface area contributed by atoms with Gasteiger partial charge in [-0.3, -0.25) is 0 Å². The number of benzene rings is 2. The molecular formula is C14H9Cl2F4N. The van der Waals surface area contributed by atoms with Gasteiger partial charge in [-0.15, -0.1) is 0 Å². The van der Waals surface area contributed by atoms with Crippen molar-refractivity contribution in [2.24, 2.45) is 0 Å². The Morgan fingerprint density at radius 2 is 1.71 bits per heavy atom. The lowest BCUT2D eigenvalue weighted by Crippen LogP contribution is -2.09. The molecule has 0 aliphatic heterocycles. The van der Waals surface area contributed by atoms with Crippen LogP contribution in [0.25, 0.3) is 0 Å². The Bertz CT molecular complexity index is 656. The third-order valence-electron chi connectivity index (χ3n) is 2.76. The molecule has 7 heteroatoms. The molecule has 2 aromatic rings. The van der Waals surface area contributed by atoms with E-state index in [1.807, 2.05) is 0 Å². The van der Waals surface area contributed by atoms with Gasteiger partial charge in [0, 0.05) is 22.3 Å². The zero-order valence-electron chi connectivity index (χ0n) is 10.4. The number of anilines is 1. The SMILES string of the molecule is Fc1ccc(NCc2cc(Cl)ccc2Cl)cc1C(F)(F)F. The molecule has 0 saturated heterocycles. The largest absolute Gasteiger partial charge is 0.419 e. The lowest BCUT2D eigenvalue weighted by atomic mass is 10.1. The highest BCUT2D eigenvalue weighted by Crippen LogP contribution is 2.33. The number of halogens is 6. The van der Waals surface area contributed by atoms with E-state index in [0.717, 1.165) is 6.07 Å². The van der Waals surface area contributed by atoms with Gasteiger partial charge in [0.15, 0.2) is 0 Å². The summed E-state index contributed by atoms with van der Waals surface area (Å²) in [6.45, 7) is 0.169. The molecule has 0 radical (unpaired) electrons. The van der Waals surface area contributed by atoms with Crippen LogP contribution in [0.5, 0.6) is 0 Å². The molecule has 0 amide bonds. The molecule has 0 bridgehead atoms. The predicted octanol–water partition coefficient (Wildman–Crippen LogP) is 5.76. The lowest BCUT2D eigenvalue weighted by molar-refractivity contribution is -0.139. The minimum atomic E-state index is -4.74. The van der Waals surface area contributed by atoms with E-state index in [2.05, 4.69) is 5.32 Å². The summed E-state index contributed by atoms with van der Waals surface area (Å²) in [4.78, 5) is 0. The molecule has 2 rings (SSSR count). The number of rotatable bonds is 3. The van der Waals surface area contributed by atoms with Crippen molar-refractivity contribution in [1.29, 1.82) is 0 Å². The van der Waals surface area contributed by atoms with Crippen LogP contribution in [0.15, 0.2) is 36.4 Å². The molecule has 0 atom stereocenters. The monoisotopic (exact) mass is 337 g/mol. The van der Waals surface area contributed by atoms with Gasteiger partial charge in [0.1, 0.15) is 5.82 Å². The summed E-state index contributed by atoms with van der Waals surface area (Å²) in [6, 6.07) is 7.51. The van der Waals surface area contributed by atoms with Crippen LogP contribution in [0.2, 0.25) is 10.0 Å². The molecule has 21 heavy (non-hydrogen) atoms. The number of hydrogen-bond acceptors (Lipinski definition) is 1. The van der Waals surface area contributed by atoms with Gasteiger partial charge in [-0.05, 0) is 42.0 Å². The molecule has 0 unspecified atom stereocenters. The molecular weight excluding hydrogens is 329 g/mol. The molecule has 0 aliphatic carbocycles. The van der Waals surface area contributed by atoms with Gasteiger partial charge in [-0.25, -0.2) is 4.39 Å². The van der Waals surface area contributed by atoms with Crippen LogP contribution in [0.1, 0.15) is 11.1 Å². The topological polar surface area (TPSA) is 12.0 Å². The second-order valence-electron chi connectivity index (χ2n) is 4.28. The molecule has 0 spiro atoms. The van der Waals surface area contributed by atoms with Crippen LogP contribution in [-0.2, 0) is 12.7 Å². The molecule has 0 fully saturated rings. The van der Waals surface area contributed by atoms with Gasteiger partial charge in [0.2, 0.25) is 0 Å². The van der Waals surface area contributed by atoms with Crippen LogP contribution in [0.3, 0.4) is 0 Å². The van der Waals surface area contributed by atoms with Gasteiger partial charge in [-0.1, -0.05) is 23.2 Å². The van der Waals surface area contributed by atoms with Crippen molar-refractivity contribution in [3.63, 3.8) is 0 Å². The normalized spacial score (nSPS) is 11.5. The van der Waals surface area contributed by atoms with Crippen molar-refractivity contribution in [3.8, 4) is 0 Å². The summed E-state index contributed by atoms with van der Waals surface area (Å²) in [7, 11) is 0. The van der Waals surface area contributed by atoms with Gasteiger partial charge >= 0.3 is 6.18 Å². The minimum Gasteiger partial charge on any atom is -0.381 e. The van der Waals surface area contributed by atoms with E-state index >= 15 is 0 Å². The summed E-state index contributed by atoms with van der Waals surface area (Å²) < 4.78 is 51.0. The first-order valence-electron chi connectivity index (χ1n) is 5.82. The van der Waals surface area contributed by atoms with Crippen LogP contribution < -0.4 is 5.32 Å². The third kappa shape index (κ3) is 4.02. The van der Waals surface area contributed by atoms with Crippen molar-refractivity contribution in [2.75, 3.05) is 5.32 Å². The Labute approximate surface area is 128 Å². The van der Waals surface area contributed by atoms with Crippen molar-refractivity contribution >= 4 is 28.9 Å². The fraction of sp³-hybridized carbons (Fsp3) is 0.143. The highest BCUT2D eigenvalue weighted by molar-refractivity contribution is 6.33. The zero-order valence-corrected chi connectivity index (χ0v) is 12.0. The Balaban J connectivity index is 2.19. The Hall–Kier alpha value is -1.46. The number of nitrogens with one attached hydrogen (secondary N) is 1. The van der Waals surface area contributed by atoms with Crippen LogP contribution in [-0.4, -0.2) is 0 Å². The maximum Gasteiger partial charge on any atom is 0.419 e. The maximum atomic E-state index is 13.2. The van der Waals surface area contributed by atoms with Crippen molar-refractivity contribution in [1.82, 2.24) is 0 Å². The van der Waals surface area contributed by atoms with E-state index in [9.17, 15) is 17.6 Å². The summed E-state index contributed by atoms with van der Waals surface area (Å²) in [6.07, 6.45) is -4.74. The van der Waals surface area contributed by atoms with Crippen molar-refractivity contribution < 1.29 is 17.6 Å². The van der Waals surface area contributed by atoms with Crippen LogP contribution >= 0.6 is 23.2 Å².